The predicted octanol–water partition coefficient (Wildman–Crippen LogP) is 4.13. The molecule has 9 nitrogen and oxygen atoms in total. The lowest BCUT2D eigenvalue weighted by atomic mass is 10.0. The summed E-state index contributed by atoms with van der Waals surface area (Å²) in [7, 11) is 0. The Hall–Kier alpha value is -3.75. The van der Waals surface area contributed by atoms with Crippen LogP contribution in [-0.2, 0) is 4.79 Å². The molecule has 0 spiro atoms. The summed E-state index contributed by atoms with van der Waals surface area (Å²) in [5.41, 5.74) is 2.47. The van der Waals surface area contributed by atoms with Crippen molar-refractivity contribution < 1.29 is 23.9 Å². The quantitative estimate of drug-likeness (QED) is 0.623. The number of amides is 3. The number of fused-ring (bicyclic) bond motifs is 1. The summed E-state index contributed by atoms with van der Waals surface area (Å²) in [6, 6.07) is 10.7. The molecule has 0 aromatic heterocycles. The zero-order valence-corrected chi connectivity index (χ0v) is 22.3. The van der Waals surface area contributed by atoms with Crippen LogP contribution in [0.1, 0.15) is 65.7 Å². The van der Waals surface area contributed by atoms with E-state index in [4.69, 9.17) is 9.47 Å². The molecular formula is C30H36N4O5. The van der Waals surface area contributed by atoms with Crippen molar-refractivity contribution in [1.29, 1.82) is 0 Å². The zero-order valence-electron chi connectivity index (χ0n) is 22.3. The Morgan fingerprint density at radius 2 is 1.49 bits per heavy atom. The van der Waals surface area contributed by atoms with E-state index in [1.807, 2.05) is 21.9 Å². The Bertz CT molecular complexity index is 1240. The molecule has 4 aliphatic rings. The Kier molecular flexibility index (Phi) is 7.30. The number of anilines is 2. The van der Waals surface area contributed by atoms with Gasteiger partial charge in [-0.1, -0.05) is 12.8 Å². The first kappa shape index (κ1) is 25.5. The third-order valence-corrected chi connectivity index (χ3v) is 8.40. The molecule has 2 aromatic rings. The minimum absolute atomic E-state index is 0.00617. The van der Waals surface area contributed by atoms with Crippen LogP contribution in [0.4, 0.5) is 11.4 Å². The van der Waals surface area contributed by atoms with E-state index in [1.54, 1.807) is 24.3 Å². The lowest BCUT2D eigenvalue weighted by molar-refractivity contribution is -0.135. The van der Waals surface area contributed by atoms with Crippen molar-refractivity contribution in [1.82, 2.24) is 9.80 Å². The van der Waals surface area contributed by atoms with Crippen molar-refractivity contribution in [2.75, 3.05) is 56.3 Å². The molecule has 3 heterocycles. The van der Waals surface area contributed by atoms with Gasteiger partial charge in [-0.3, -0.25) is 14.4 Å². The smallest absolute Gasteiger partial charge is 0.256 e. The van der Waals surface area contributed by atoms with E-state index < -0.39 is 0 Å². The SMILES string of the molecule is O=C(Nc1ccc(N2CCN(C(=O)C3CCCC3)CC2)c(C(=O)N2CCCCC2)c1)c1ccc2c(c1)OCO2. The number of likely N-dealkylation sites (tertiary alicyclic amines) is 1. The highest BCUT2D eigenvalue weighted by Crippen LogP contribution is 2.33. The molecule has 3 fully saturated rings. The van der Waals surface area contributed by atoms with Gasteiger partial charge in [0.1, 0.15) is 0 Å². The minimum atomic E-state index is -0.281. The first-order valence-electron chi connectivity index (χ1n) is 14.2. The molecule has 0 unspecified atom stereocenters. The lowest BCUT2D eigenvalue weighted by Crippen LogP contribution is -2.50. The summed E-state index contributed by atoms with van der Waals surface area (Å²) in [6.07, 6.45) is 7.46. The van der Waals surface area contributed by atoms with Crippen LogP contribution in [0.2, 0.25) is 0 Å². The number of nitrogens with zero attached hydrogens (tertiary/aromatic N) is 3. The first-order valence-corrected chi connectivity index (χ1v) is 14.2. The van der Waals surface area contributed by atoms with Crippen molar-refractivity contribution in [3.63, 3.8) is 0 Å². The number of carbonyl (C=O) groups excluding carboxylic acids is 3. The molecule has 9 heteroatoms. The van der Waals surface area contributed by atoms with Gasteiger partial charge in [0.2, 0.25) is 12.7 Å². The van der Waals surface area contributed by atoms with Gasteiger partial charge >= 0.3 is 0 Å². The summed E-state index contributed by atoms with van der Waals surface area (Å²) in [5, 5.41) is 2.95. The average Bonchev–Trinajstić information content (AvgIpc) is 3.69. The molecule has 1 aliphatic carbocycles. The van der Waals surface area contributed by atoms with Crippen LogP contribution in [0.25, 0.3) is 0 Å². The van der Waals surface area contributed by atoms with Gasteiger partial charge in [-0.15, -0.1) is 0 Å². The molecular weight excluding hydrogens is 496 g/mol. The molecule has 3 aliphatic heterocycles. The second-order valence-electron chi connectivity index (χ2n) is 10.9. The number of rotatable bonds is 5. The van der Waals surface area contributed by atoms with Gasteiger partial charge in [-0.25, -0.2) is 0 Å². The van der Waals surface area contributed by atoms with Gasteiger partial charge in [0.05, 0.1) is 5.56 Å². The number of piperidine rings is 1. The summed E-state index contributed by atoms with van der Waals surface area (Å²) in [5.74, 6) is 1.35. The molecule has 2 saturated heterocycles. The third-order valence-electron chi connectivity index (χ3n) is 8.40. The van der Waals surface area contributed by atoms with Gasteiger partial charge in [-0.05, 0) is 68.5 Å². The van der Waals surface area contributed by atoms with E-state index in [0.717, 1.165) is 63.7 Å². The van der Waals surface area contributed by atoms with Gasteiger partial charge < -0.3 is 29.5 Å². The Balaban J connectivity index is 1.21. The van der Waals surface area contributed by atoms with Crippen molar-refractivity contribution in [3.05, 3.63) is 47.5 Å². The normalized spacial score (nSPS) is 19.3. The van der Waals surface area contributed by atoms with E-state index in [0.29, 0.717) is 60.4 Å². The van der Waals surface area contributed by atoms with E-state index >= 15 is 0 Å². The molecule has 2 aromatic carbocycles. The van der Waals surface area contributed by atoms with Crippen molar-refractivity contribution >= 4 is 29.1 Å². The van der Waals surface area contributed by atoms with E-state index in [9.17, 15) is 14.4 Å². The third kappa shape index (κ3) is 5.40. The Morgan fingerprint density at radius 1 is 0.744 bits per heavy atom. The largest absolute Gasteiger partial charge is 0.454 e. The summed E-state index contributed by atoms with van der Waals surface area (Å²) in [4.78, 5) is 45.9. The molecule has 1 N–H and O–H groups in total. The van der Waals surface area contributed by atoms with Gasteiger partial charge in [-0.2, -0.15) is 0 Å². The van der Waals surface area contributed by atoms with E-state index in [2.05, 4.69) is 10.2 Å². The number of benzene rings is 2. The second-order valence-corrected chi connectivity index (χ2v) is 10.9. The monoisotopic (exact) mass is 532 g/mol. The second kappa shape index (κ2) is 11.2. The summed E-state index contributed by atoms with van der Waals surface area (Å²) >= 11 is 0. The van der Waals surface area contributed by atoms with Crippen LogP contribution in [0, 0.1) is 5.92 Å². The lowest BCUT2D eigenvalue weighted by Gasteiger charge is -2.38. The molecule has 0 radical (unpaired) electrons. The number of nitrogens with one attached hydrogen (secondary N) is 1. The van der Waals surface area contributed by atoms with Gasteiger partial charge in [0.15, 0.2) is 11.5 Å². The van der Waals surface area contributed by atoms with Crippen LogP contribution in [0.3, 0.4) is 0 Å². The highest BCUT2D eigenvalue weighted by Gasteiger charge is 2.31. The predicted molar refractivity (Wildman–Crippen MR) is 147 cm³/mol. The standard InChI is InChI=1S/C30H36N4O5/c35-28(22-8-11-26-27(18-22)39-20-38-26)31-23-9-10-25(24(19-23)30(37)33-12-4-1-5-13-33)32-14-16-34(17-15-32)29(36)21-6-2-3-7-21/h8-11,18-19,21H,1-7,12-17,20H2,(H,31,35). The maximum atomic E-state index is 13.7. The minimum Gasteiger partial charge on any atom is -0.454 e. The molecule has 1 saturated carbocycles. The maximum absolute atomic E-state index is 13.7. The van der Waals surface area contributed by atoms with Gasteiger partial charge in [0, 0.05) is 62.1 Å². The number of carbonyl (C=O) groups is 3. The van der Waals surface area contributed by atoms with Crippen molar-refractivity contribution in [2.24, 2.45) is 5.92 Å². The number of hydrogen-bond acceptors (Lipinski definition) is 6. The molecule has 6 rings (SSSR count). The van der Waals surface area contributed by atoms with Crippen LogP contribution in [0.15, 0.2) is 36.4 Å². The molecule has 39 heavy (non-hydrogen) atoms. The van der Waals surface area contributed by atoms with Crippen LogP contribution in [0.5, 0.6) is 11.5 Å². The molecule has 0 atom stereocenters. The van der Waals surface area contributed by atoms with Crippen LogP contribution in [-0.4, -0.2) is 73.6 Å². The van der Waals surface area contributed by atoms with Crippen LogP contribution >= 0.6 is 0 Å². The Morgan fingerprint density at radius 3 is 2.26 bits per heavy atom. The molecule has 3 amide bonds. The average molecular weight is 533 g/mol. The van der Waals surface area contributed by atoms with Crippen molar-refractivity contribution in [3.8, 4) is 11.5 Å². The zero-order chi connectivity index (χ0) is 26.8. The van der Waals surface area contributed by atoms with E-state index in [1.165, 1.54) is 0 Å². The highest BCUT2D eigenvalue weighted by atomic mass is 16.7. The molecule has 0 bridgehead atoms. The number of hydrogen-bond donors (Lipinski definition) is 1. The topological polar surface area (TPSA) is 91.4 Å². The summed E-state index contributed by atoms with van der Waals surface area (Å²) < 4.78 is 10.8. The Labute approximate surface area is 229 Å². The maximum Gasteiger partial charge on any atom is 0.256 e. The summed E-state index contributed by atoms with van der Waals surface area (Å²) in [6.45, 7) is 4.33. The van der Waals surface area contributed by atoms with E-state index in [-0.39, 0.29) is 24.5 Å². The number of ether oxygens (including phenoxy) is 2. The molecule has 206 valence electrons. The number of piperazine rings is 1. The fraction of sp³-hybridized carbons (Fsp3) is 0.500. The highest BCUT2D eigenvalue weighted by molar-refractivity contribution is 6.06. The van der Waals surface area contributed by atoms with Gasteiger partial charge in [0.25, 0.3) is 11.8 Å². The van der Waals surface area contributed by atoms with Crippen LogP contribution < -0.4 is 19.7 Å². The first-order chi connectivity index (χ1) is 19.1. The fourth-order valence-corrected chi connectivity index (χ4v) is 6.17. The van der Waals surface area contributed by atoms with Crippen molar-refractivity contribution in [2.45, 2.75) is 44.9 Å². The fourth-order valence-electron chi connectivity index (χ4n) is 6.17.